The number of imide groups is 2. The Labute approximate surface area is 154 Å². The van der Waals surface area contributed by atoms with E-state index in [2.05, 4.69) is 41.5 Å². The number of hydrogen-bond donors (Lipinski definition) is 0. The van der Waals surface area contributed by atoms with Gasteiger partial charge < -0.3 is 0 Å². The summed E-state index contributed by atoms with van der Waals surface area (Å²) < 4.78 is 1.78. The molecule has 0 aromatic rings. The predicted molar refractivity (Wildman–Crippen MR) is 101 cm³/mol. The smallest absolute Gasteiger partial charge is 0.262 e. The van der Waals surface area contributed by atoms with E-state index in [4.69, 9.17) is 0 Å². The molecule has 0 unspecified atom stereocenters. The van der Waals surface area contributed by atoms with Crippen molar-refractivity contribution < 1.29 is 14.4 Å². The van der Waals surface area contributed by atoms with Crippen molar-refractivity contribution in [2.24, 2.45) is 0 Å². The Morgan fingerprint density at radius 3 is 1.08 bits per heavy atom. The van der Waals surface area contributed by atoms with E-state index in [1.165, 1.54) is 23.9 Å². The molecule has 0 aromatic heterocycles. The first-order chi connectivity index (χ1) is 11.3. The molecule has 1 heterocycles. The van der Waals surface area contributed by atoms with Crippen LogP contribution < -0.4 is 0 Å². The molecule has 1 saturated heterocycles. The summed E-state index contributed by atoms with van der Waals surface area (Å²) in [5.41, 5.74) is 0. The Balaban J connectivity index is 3.04. The lowest BCUT2D eigenvalue weighted by atomic mass is 9.99. The zero-order chi connectivity index (χ0) is 18.5. The molecule has 5 nitrogen and oxygen atoms in total. The Kier molecular flexibility index (Phi) is 7.66. The minimum atomic E-state index is -0.713. The fourth-order valence-corrected chi connectivity index (χ4v) is 5.11. The van der Waals surface area contributed by atoms with E-state index in [9.17, 15) is 14.4 Å². The third-order valence-corrected chi connectivity index (χ3v) is 8.85. The summed E-state index contributed by atoms with van der Waals surface area (Å²) in [5, 5.41) is 0. The molecule has 7 heteroatoms. The fraction of sp³-hybridized carbons (Fsp3) is 0.824. The highest BCUT2D eigenvalue weighted by atomic mass is 32.2. The third kappa shape index (κ3) is 3.93. The van der Waals surface area contributed by atoms with Crippen LogP contribution in [-0.2, 0) is 9.59 Å². The van der Waals surface area contributed by atoms with Crippen molar-refractivity contribution in [3.8, 4) is 0 Å². The van der Waals surface area contributed by atoms with Gasteiger partial charge in [0.2, 0.25) is 0 Å². The summed E-state index contributed by atoms with van der Waals surface area (Å²) in [5.74, 6) is -1.43. The zero-order valence-corrected chi connectivity index (χ0v) is 17.3. The molecule has 0 aromatic carbocycles. The molecule has 1 aliphatic heterocycles. The van der Waals surface area contributed by atoms with Crippen molar-refractivity contribution in [2.75, 3.05) is 0 Å². The second-order valence-corrected chi connectivity index (χ2v) is 8.98. The summed E-state index contributed by atoms with van der Waals surface area (Å²) in [4.78, 5) is 37.5. The van der Waals surface area contributed by atoms with Crippen LogP contribution in [0.25, 0.3) is 0 Å². The Hall–Kier alpha value is -0.690. The normalized spacial score (nSPS) is 16.5. The number of carbonyl (C=O) groups excluding carboxylic acids is 3. The monoisotopic (exact) mass is 374 g/mol. The third-order valence-electron chi connectivity index (χ3n) is 5.34. The van der Waals surface area contributed by atoms with Crippen molar-refractivity contribution >= 4 is 41.7 Å². The standard InChI is InChI=1S/C17H30N2O3S2/c1-7-16(8-2,9-3)23-18-13(20)14(21)19(15(18)22)24-17(10-4,11-5)12-6/h7-12H2,1-6H3. The summed E-state index contributed by atoms with van der Waals surface area (Å²) in [6.07, 6.45) is 5.03. The van der Waals surface area contributed by atoms with Gasteiger partial charge in [-0.3, -0.25) is 9.59 Å². The van der Waals surface area contributed by atoms with Crippen molar-refractivity contribution in [3.05, 3.63) is 0 Å². The first-order valence-corrected chi connectivity index (χ1v) is 10.4. The maximum absolute atomic E-state index is 12.7. The maximum Gasteiger partial charge on any atom is 0.354 e. The number of carbonyl (C=O) groups is 3. The zero-order valence-electron chi connectivity index (χ0n) is 15.7. The molecule has 0 radical (unpaired) electrons. The Morgan fingerprint density at radius 2 is 0.875 bits per heavy atom. The predicted octanol–water partition coefficient (Wildman–Crippen LogP) is 5.01. The summed E-state index contributed by atoms with van der Waals surface area (Å²) in [7, 11) is 0. The number of nitrogens with zero attached hydrogens (tertiary/aromatic N) is 2. The van der Waals surface area contributed by atoms with Gasteiger partial charge in [-0.25, -0.2) is 4.79 Å². The lowest BCUT2D eigenvalue weighted by Crippen LogP contribution is -2.35. The van der Waals surface area contributed by atoms with Crippen LogP contribution in [0.2, 0.25) is 0 Å². The summed E-state index contributed by atoms with van der Waals surface area (Å²) in [6.45, 7) is 12.3. The average Bonchev–Trinajstić information content (AvgIpc) is 2.81. The van der Waals surface area contributed by atoms with E-state index in [1.807, 2.05) is 0 Å². The van der Waals surface area contributed by atoms with Crippen LogP contribution >= 0.6 is 23.9 Å². The summed E-state index contributed by atoms with van der Waals surface area (Å²) in [6, 6.07) is -0.501. The van der Waals surface area contributed by atoms with Gasteiger partial charge in [-0.1, -0.05) is 41.5 Å². The van der Waals surface area contributed by atoms with Crippen molar-refractivity contribution in [3.63, 3.8) is 0 Å². The van der Waals surface area contributed by atoms with Crippen molar-refractivity contribution in [2.45, 2.75) is 89.6 Å². The first-order valence-electron chi connectivity index (χ1n) is 8.89. The molecule has 0 aliphatic carbocycles. The molecular formula is C17H30N2O3S2. The van der Waals surface area contributed by atoms with Gasteiger partial charge in [0, 0.05) is 9.49 Å². The second-order valence-electron chi connectivity index (χ2n) is 6.15. The van der Waals surface area contributed by atoms with E-state index < -0.39 is 17.8 Å². The molecular weight excluding hydrogens is 344 g/mol. The number of hydrogen-bond acceptors (Lipinski definition) is 5. The second kappa shape index (κ2) is 8.61. The van der Waals surface area contributed by atoms with Crippen LogP contribution in [-0.4, -0.2) is 35.9 Å². The Bertz CT molecular complexity index is 430. The van der Waals surface area contributed by atoms with Crippen LogP contribution in [0.15, 0.2) is 0 Å². The molecule has 1 aliphatic rings. The average molecular weight is 375 g/mol. The lowest BCUT2D eigenvalue weighted by Gasteiger charge is -2.33. The van der Waals surface area contributed by atoms with Crippen LogP contribution in [0.3, 0.4) is 0 Å². The van der Waals surface area contributed by atoms with Crippen molar-refractivity contribution in [1.82, 2.24) is 8.61 Å². The van der Waals surface area contributed by atoms with Crippen LogP contribution in [0.1, 0.15) is 80.1 Å². The molecule has 0 saturated carbocycles. The quantitative estimate of drug-likeness (QED) is 0.305. The lowest BCUT2D eigenvalue weighted by molar-refractivity contribution is -0.139. The molecule has 24 heavy (non-hydrogen) atoms. The van der Waals surface area contributed by atoms with E-state index >= 15 is 0 Å². The minimum Gasteiger partial charge on any atom is -0.262 e. The van der Waals surface area contributed by atoms with Gasteiger partial charge in [0.05, 0.1) is 0 Å². The van der Waals surface area contributed by atoms with Gasteiger partial charge >= 0.3 is 17.8 Å². The fourth-order valence-electron chi connectivity index (χ4n) is 2.87. The first kappa shape index (κ1) is 21.4. The topological polar surface area (TPSA) is 57.7 Å². The van der Waals surface area contributed by atoms with Gasteiger partial charge in [-0.15, -0.1) is 0 Å². The van der Waals surface area contributed by atoms with Gasteiger partial charge in [0.1, 0.15) is 0 Å². The highest BCUT2D eigenvalue weighted by molar-refractivity contribution is 8.01. The van der Waals surface area contributed by atoms with Gasteiger partial charge in [-0.2, -0.15) is 8.61 Å². The van der Waals surface area contributed by atoms with E-state index in [0.717, 1.165) is 47.1 Å². The molecule has 0 spiro atoms. The SMILES string of the molecule is CCC(CC)(CC)SN1C(=O)C(=O)N(SC(CC)(CC)CC)C1=O. The molecule has 0 bridgehead atoms. The van der Waals surface area contributed by atoms with Crippen molar-refractivity contribution in [1.29, 1.82) is 0 Å². The van der Waals surface area contributed by atoms with Crippen LogP contribution in [0.4, 0.5) is 4.79 Å². The van der Waals surface area contributed by atoms with E-state index in [1.54, 1.807) is 0 Å². The van der Waals surface area contributed by atoms with E-state index in [0.29, 0.717) is 0 Å². The summed E-state index contributed by atoms with van der Waals surface area (Å²) >= 11 is 2.46. The van der Waals surface area contributed by atoms with Gasteiger partial charge in [0.15, 0.2) is 0 Å². The molecule has 1 rings (SSSR count). The maximum atomic E-state index is 12.7. The largest absolute Gasteiger partial charge is 0.354 e. The molecule has 0 atom stereocenters. The number of amides is 4. The number of urea groups is 1. The molecule has 138 valence electrons. The Morgan fingerprint density at radius 1 is 0.625 bits per heavy atom. The molecule has 0 N–H and O–H groups in total. The van der Waals surface area contributed by atoms with Gasteiger partial charge in [0.25, 0.3) is 0 Å². The molecule has 4 amide bonds. The van der Waals surface area contributed by atoms with Crippen LogP contribution in [0, 0.1) is 0 Å². The van der Waals surface area contributed by atoms with Crippen LogP contribution in [0.5, 0.6) is 0 Å². The highest BCUT2D eigenvalue weighted by Gasteiger charge is 2.50. The van der Waals surface area contributed by atoms with Gasteiger partial charge in [-0.05, 0) is 62.4 Å². The highest BCUT2D eigenvalue weighted by Crippen LogP contribution is 2.44. The van der Waals surface area contributed by atoms with E-state index in [-0.39, 0.29) is 9.49 Å². The minimum absolute atomic E-state index is 0.191. The molecule has 1 fully saturated rings. The number of rotatable bonds is 10.